The van der Waals surface area contributed by atoms with Crippen LogP contribution in [0.5, 0.6) is 5.75 Å². The van der Waals surface area contributed by atoms with Gasteiger partial charge in [-0.2, -0.15) is 5.26 Å². The highest BCUT2D eigenvalue weighted by atomic mass is 16.5. The Labute approximate surface area is 231 Å². The number of nitrogens with one attached hydrogen (secondary N) is 3. The highest BCUT2D eigenvalue weighted by Crippen LogP contribution is 2.69. The number of rotatable bonds is 7. The molecule has 2 amide bonds. The summed E-state index contributed by atoms with van der Waals surface area (Å²) in [5.41, 5.74) is 5.45. The number of anilines is 3. The van der Waals surface area contributed by atoms with Crippen molar-refractivity contribution in [3.8, 4) is 11.8 Å². The number of fused-ring (bicyclic) bond motifs is 4. The molecule has 2 atom stereocenters. The zero-order valence-corrected chi connectivity index (χ0v) is 23.4. The van der Waals surface area contributed by atoms with Gasteiger partial charge in [0.25, 0.3) is 0 Å². The predicted molar refractivity (Wildman–Crippen MR) is 153 cm³/mol. The van der Waals surface area contributed by atoms with Crippen molar-refractivity contribution in [3.05, 3.63) is 47.0 Å². The second kappa shape index (κ2) is 10.9. The van der Waals surface area contributed by atoms with Crippen molar-refractivity contribution in [3.63, 3.8) is 0 Å². The van der Waals surface area contributed by atoms with E-state index in [1.165, 1.54) is 18.2 Å². The summed E-state index contributed by atoms with van der Waals surface area (Å²) in [5.74, 6) is 0.931. The third-order valence-electron chi connectivity index (χ3n) is 9.13. The average molecular weight is 530 g/mol. The van der Waals surface area contributed by atoms with Crippen LogP contribution in [0.3, 0.4) is 0 Å². The van der Waals surface area contributed by atoms with Crippen LogP contribution >= 0.6 is 0 Å². The van der Waals surface area contributed by atoms with Gasteiger partial charge in [0.2, 0.25) is 11.8 Å². The molecule has 8 nitrogen and oxygen atoms in total. The molecule has 206 valence electrons. The van der Waals surface area contributed by atoms with Gasteiger partial charge in [0.05, 0.1) is 12.7 Å². The summed E-state index contributed by atoms with van der Waals surface area (Å²) in [4.78, 5) is 28.7. The third-order valence-corrected chi connectivity index (χ3v) is 9.13. The maximum Gasteiger partial charge on any atom is 0.228 e. The smallest absolute Gasteiger partial charge is 0.228 e. The van der Waals surface area contributed by atoms with Gasteiger partial charge < -0.3 is 25.6 Å². The first-order valence-corrected chi connectivity index (χ1v) is 14.0. The lowest BCUT2D eigenvalue weighted by atomic mass is 9.76. The molecule has 2 aromatic rings. The lowest BCUT2D eigenvalue weighted by Crippen LogP contribution is -2.29. The SMILES string of the molecule is COc1ccc(NC(=O)C2CCC3(CC2)C2CCc4c(C)cc(NCCN(C)C)cc4NC(=O)C23)cc1C#N. The minimum Gasteiger partial charge on any atom is -0.495 e. The number of aryl methyl sites for hydroxylation is 1. The molecule has 2 fully saturated rings. The molecule has 39 heavy (non-hydrogen) atoms. The fourth-order valence-electron chi connectivity index (χ4n) is 6.99. The largest absolute Gasteiger partial charge is 0.495 e. The second-order valence-electron chi connectivity index (χ2n) is 11.7. The van der Waals surface area contributed by atoms with Gasteiger partial charge in [-0.15, -0.1) is 0 Å². The van der Waals surface area contributed by atoms with E-state index in [1.807, 2.05) is 0 Å². The number of methoxy groups -OCH3 is 1. The molecule has 0 saturated heterocycles. The van der Waals surface area contributed by atoms with E-state index in [1.54, 1.807) is 18.2 Å². The Kier molecular flexibility index (Phi) is 7.55. The van der Waals surface area contributed by atoms with Gasteiger partial charge in [-0.25, -0.2) is 0 Å². The summed E-state index contributed by atoms with van der Waals surface area (Å²) >= 11 is 0. The second-order valence-corrected chi connectivity index (χ2v) is 11.7. The summed E-state index contributed by atoms with van der Waals surface area (Å²) in [6, 6.07) is 11.5. The van der Waals surface area contributed by atoms with E-state index in [0.717, 1.165) is 63.0 Å². The van der Waals surface area contributed by atoms with Gasteiger partial charge >= 0.3 is 0 Å². The van der Waals surface area contributed by atoms with Gasteiger partial charge in [-0.1, -0.05) is 0 Å². The molecule has 8 heteroatoms. The van der Waals surface area contributed by atoms with Crippen molar-refractivity contribution < 1.29 is 14.3 Å². The molecule has 2 saturated carbocycles. The summed E-state index contributed by atoms with van der Waals surface area (Å²) in [6.07, 6.45) is 5.32. The van der Waals surface area contributed by atoms with Gasteiger partial charge in [-0.05, 0) is 112 Å². The number of amides is 2. The van der Waals surface area contributed by atoms with Crippen LogP contribution in [0.1, 0.15) is 48.8 Å². The van der Waals surface area contributed by atoms with Crippen LogP contribution in [0.15, 0.2) is 30.3 Å². The van der Waals surface area contributed by atoms with Crippen molar-refractivity contribution in [2.24, 2.45) is 23.2 Å². The number of ether oxygens (including phenoxy) is 1. The molecule has 0 aromatic heterocycles. The van der Waals surface area contributed by atoms with Crippen LogP contribution in [0, 0.1) is 41.4 Å². The zero-order chi connectivity index (χ0) is 27.7. The summed E-state index contributed by atoms with van der Waals surface area (Å²) in [7, 11) is 5.64. The number of carbonyl (C=O) groups excluding carboxylic acids is 2. The molecule has 1 aliphatic heterocycles. The van der Waals surface area contributed by atoms with E-state index >= 15 is 0 Å². The van der Waals surface area contributed by atoms with Gasteiger partial charge in [0.15, 0.2) is 0 Å². The lowest BCUT2D eigenvalue weighted by molar-refractivity contribution is -0.121. The molecule has 0 bridgehead atoms. The quantitative estimate of drug-likeness (QED) is 0.476. The number of nitrogens with zero attached hydrogens (tertiary/aromatic N) is 2. The Morgan fingerprint density at radius 1 is 1.18 bits per heavy atom. The first kappa shape index (κ1) is 27.0. The Morgan fingerprint density at radius 3 is 2.64 bits per heavy atom. The number of hydrogen-bond donors (Lipinski definition) is 3. The normalized spacial score (nSPS) is 25.4. The molecular weight excluding hydrogens is 490 g/mol. The first-order valence-electron chi connectivity index (χ1n) is 14.0. The number of hydrogen-bond acceptors (Lipinski definition) is 6. The van der Waals surface area contributed by atoms with Gasteiger partial charge in [0, 0.05) is 42.0 Å². The molecule has 5 rings (SSSR count). The molecule has 2 aliphatic carbocycles. The summed E-state index contributed by atoms with van der Waals surface area (Å²) in [6.45, 7) is 3.92. The van der Waals surface area contributed by atoms with Crippen LogP contribution in [-0.4, -0.2) is 51.0 Å². The molecule has 3 aliphatic rings. The van der Waals surface area contributed by atoms with Crippen LogP contribution in [0.4, 0.5) is 17.1 Å². The van der Waals surface area contributed by atoms with E-state index in [2.05, 4.69) is 60.1 Å². The predicted octanol–water partition coefficient (Wildman–Crippen LogP) is 4.79. The monoisotopic (exact) mass is 529 g/mol. The van der Waals surface area contributed by atoms with Crippen LogP contribution < -0.4 is 20.7 Å². The average Bonchev–Trinajstić information content (AvgIpc) is 3.51. The lowest BCUT2D eigenvalue weighted by Gasteiger charge is -2.29. The standard InChI is InChI=1S/C31H39N5O3/c1-19-15-23(33-13-14-36(2)3)17-26-24(19)6-7-25-28(30(38)35-26)31(25)11-9-20(10-12-31)29(37)34-22-5-8-27(39-4)21(16-22)18-32/h5,8,15-17,20,25,28,33H,6-7,9-14H2,1-4H3,(H,34,37)(H,35,38). The van der Waals surface area contributed by atoms with Crippen molar-refractivity contribution in [1.82, 2.24) is 4.90 Å². The topological polar surface area (TPSA) is 106 Å². The van der Waals surface area contributed by atoms with Crippen molar-refractivity contribution in [2.45, 2.75) is 45.4 Å². The Hall–Kier alpha value is -3.57. The van der Waals surface area contributed by atoms with Crippen LogP contribution in [-0.2, 0) is 16.0 Å². The maximum atomic E-state index is 13.5. The molecule has 1 heterocycles. The number of carbonyl (C=O) groups is 2. The fourth-order valence-corrected chi connectivity index (χ4v) is 6.99. The van der Waals surface area contributed by atoms with Gasteiger partial charge in [0.1, 0.15) is 11.8 Å². The summed E-state index contributed by atoms with van der Waals surface area (Å²) in [5, 5.41) is 19.1. The van der Waals surface area contributed by atoms with Gasteiger partial charge in [-0.3, -0.25) is 9.59 Å². The molecule has 2 unspecified atom stereocenters. The highest BCUT2D eigenvalue weighted by Gasteiger charge is 2.67. The maximum absolute atomic E-state index is 13.5. The van der Waals surface area contributed by atoms with E-state index in [0.29, 0.717) is 22.9 Å². The molecular formula is C31H39N5O3. The number of nitriles is 1. The van der Waals surface area contributed by atoms with E-state index < -0.39 is 0 Å². The third kappa shape index (κ3) is 5.33. The fraction of sp³-hybridized carbons (Fsp3) is 0.516. The Bertz CT molecular complexity index is 1310. The van der Waals surface area contributed by atoms with Crippen molar-refractivity contribution >= 4 is 28.9 Å². The van der Waals surface area contributed by atoms with Crippen LogP contribution in [0.25, 0.3) is 0 Å². The van der Waals surface area contributed by atoms with E-state index in [9.17, 15) is 14.9 Å². The van der Waals surface area contributed by atoms with Crippen molar-refractivity contribution in [2.75, 3.05) is 50.2 Å². The van der Waals surface area contributed by atoms with E-state index in [4.69, 9.17) is 4.74 Å². The summed E-state index contributed by atoms with van der Waals surface area (Å²) < 4.78 is 5.20. The Morgan fingerprint density at radius 2 is 1.95 bits per heavy atom. The molecule has 1 spiro atoms. The molecule has 3 N–H and O–H groups in total. The minimum atomic E-state index is -0.0893. The van der Waals surface area contributed by atoms with Crippen LogP contribution in [0.2, 0.25) is 0 Å². The molecule has 2 aromatic carbocycles. The minimum absolute atomic E-state index is 0.0116. The van der Waals surface area contributed by atoms with E-state index in [-0.39, 0.29) is 29.1 Å². The molecule has 0 radical (unpaired) electrons. The first-order chi connectivity index (χ1) is 18.8. The zero-order valence-electron chi connectivity index (χ0n) is 23.4. The van der Waals surface area contributed by atoms with Crippen molar-refractivity contribution in [1.29, 1.82) is 5.26 Å². The number of likely N-dealkylation sites (N-methyl/N-ethyl adjacent to an activating group) is 1. The highest BCUT2D eigenvalue weighted by molar-refractivity contribution is 5.97. The Balaban J connectivity index is 1.22. The number of benzene rings is 2.